The van der Waals surface area contributed by atoms with E-state index in [4.69, 9.17) is 39.4 Å². The van der Waals surface area contributed by atoms with E-state index in [-0.39, 0.29) is 41.7 Å². The molecule has 9 heteroatoms. The van der Waals surface area contributed by atoms with Crippen molar-refractivity contribution in [2.24, 2.45) is 5.73 Å². The van der Waals surface area contributed by atoms with Crippen molar-refractivity contribution >= 4 is 59.7 Å². The number of pyridine rings is 1. The summed E-state index contributed by atoms with van der Waals surface area (Å²) in [6.07, 6.45) is 1.12. The first-order chi connectivity index (χ1) is 10.9. The van der Waals surface area contributed by atoms with Gasteiger partial charge in [0.15, 0.2) is 0 Å². The van der Waals surface area contributed by atoms with Crippen LogP contribution in [0.3, 0.4) is 0 Å². The zero-order valence-corrected chi connectivity index (χ0v) is 16.3. The number of aromatic nitrogens is 1. The standard InChI is InChI=1S/C16H17Cl2N3O2.2ClH/c17-14-7-11(8-15(18)21-14)9-23-16(22)13(20)5-4-10-2-1-3-12(19)6-10;;/h1-3,6-8,13H,4-5,9,19-20H2;2*1H/t13-;;/m0../s1. The largest absolute Gasteiger partial charge is 0.460 e. The van der Waals surface area contributed by atoms with Gasteiger partial charge in [0.05, 0.1) is 0 Å². The number of ether oxygens (including phenoxy) is 1. The number of nitrogen functional groups attached to an aromatic ring is 1. The summed E-state index contributed by atoms with van der Waals surface area (Å²) in [5, 5.41) is 0.490. The molecule has 1 atom stereocenters. The Hall–Kier alpha value is -1.24. The molecule has 138 valence electrons. The molecule has 4 N–H and O–H groups in total. The second kappa shape index (κ2) is 11.4. The fourth-order valence-corrected chi connectivity index (χ4v) is 2.55. The molecular formula is C16H19Cl4N3O2. The molecule has 1 aromatic carbocycles. The van der Waals surface area contributed by atoms with Crippen LogP contribution in [0.5, 0.6) is 0 Å². The molecule has 0 fully saturated rings. The third-order valence-corrected chi connectivity index (χ3v) is 3.59. The summed E-state index contributed by atoms with van der Waals surface area (Å²) in [7, 11) is 0. The van der Waals surface area contributed by atoms with Crippen LogP contribution in [0.15, 0.2) is 36.4 Å². The molecule has 0 spiro atoms. The Morgan fingerprint density at radius 3 is 2.36 bits per heavy atom. The van der Waals surface area contributed by atoms with Gasteiger partial charge < -0.3 is 16.2 Å². The summed E-state index contributed by atoms with van der Waals surface area (Å²) in [6.45, 7) is 0.0484. The molecule has 2 rings (SSSR count). The topological polar surface area (TPSA) is 91.2 Å². The number of carbonyl (C=O) groups excluding carboxylic acids is 1. The minimum absolute atomic E-state index is 0. The first-order valence-electron chi connectivity index (χ1n) is 7.02. The van der Waals surface area contributed by atoms with E-state index in [2.05, 4.69) is 4.98 Å². The molecule has 0 aliphatic carbocycles. The van der Waals surface area contributed by atoms with Gasteiger partial charge in [0.2, 0.25) is 0 Å². The number of carbonyl (C=O) groups is 1. The number of rotatable bonds is 6. The molecule has 2 aromatic rings. The SMILES string of the molecule is Cl.Cl.Nc1cccc(CC[C@H](N)C(=O)OCc2cc(Cl)nc(Cl)c2)c1. The van der Waals surface area contributed by atoms with Crippen LogP contribution in [0.25, 0.3) is 0 Å². The molecule has 0 radical (unpaired) electrons. The Kier molecular flexibility index (Phi) is 10.8. The van der Waals surface area contributed by atoms with Crippen molar-refractivity contribution < 1.29 is 9.53 Å². The van der Waals surface area contributed by atoms with Crippen molar-refractivity contribution in [3.05, 3.63) is 57.8 Å². The zero-order chi connectivity index (χ0) is 16.8. The van der Waals surface area contributed by atoms with Crippen molar-refractivity contribution in [1.29, 1.82) is 0 Å². The molecule has 0 bridgehead atoms. The van der Waals surface area contributed by atoms with Gasteiger partial charge in [-0.2, -0.15) is 0 Å². The van der Waals surface area contributed by atoms with Gasteiger partial charge in [-0.1, -0.05) is 35.3 Å². The molecule has 25 heavy (non-hydrogen) atoms. The Bertz CT molecular complexity index is 681. The number of hydrogen-bond donors (Lipinski definition) is 2. The van der Waals surface area contributed by atoms with Crippen LogP contribution in [-0.2, 0) is 22.6 Å². The van der Waals surface area contributed by atoms with E-state index in [1.165, 1.54) is 0 Å². The smallest absolute Gasteiger partial charge is 0.323 e. The van der Waals surface area contributed by atoms with Gasteiger partial charge in [-0.3, -0.25) is 4.79 Å². The van der Waals surface area contributed by atoms with Gasteiger partial charge in [0, 0.05) is 5.69 Å². The van der Waals surface area contributed by atoms with E-state index >= 15 is 0 Å². The Morgan fingerprint density at radius 2 is 1.76 bits per heavy atom. The van der Waals surface area contributed by atoms with Gasteiger partial charge in [-0.15, -0.1) is 24.8 Å². The van der Waals surface area contributed by atoms with Crippen LogP contribution >= 0.6 is 48.0 Å². The van der Waals surface area contributed by atoms with E-state index in [0.717, 1.165) is 5.56 Å². The van der Waals surface area contributed by atoms with Crippen molar-refractivity contribution in [3.63, 3.8) is 0 Å². The lowest BCUT2D eigenvalue weighted by atomic mass is 10.1. The third kappa shape index (κ3) is 8.12. The lowest BCUT2D eigenvalue weighted by Crippen LogP contribution is -2.32. The van der Waals surface area contributed by atoms with Gasteiger partial charge >= 0.3 is 5.97 Å². The molecule has 1 heterocycles. The highest BCUT2D eigenvalue weighted by atomic mass is 35.5. The van der Waals surface area contributed by atoms with Gasteiger partial charge in [0.1, 0.15) is 23.0 Å². The molecule has 5 nitrogen and oxygen atoms in total. The maximum absolute atomic E-state index is 11.9. The quantitative estimate of drug-likeness (QED) is 0.416. The summed E-state index contributed by atoms with van der Waals surface area (Å²) < 4.78 is 5.18. The number of nitrogens with two attached hydrogens (primary N) is 2. The third-order valence-electron chi connectivity index (χ3n) is 3.20. The molecular weight excluding hydrogens is 408 g/mol. The summed E-state index contributed by atoms with van der Waals surface area (Å²) in [5.74, 6) is -0.474. The van der Waals surface area contributed by atoms with E-state index < -0.39 is 12.0 Å². The predicted molar refractivity (Wildman–Crippen MR) is 106 cm³/mol. The van der Waals surface area contributed by atoms with Crippen LogP contribution in [0.2, 0.25) is 10.3 Å². The van der Waals surface area contributed by atoms with E-state index in [1.54, 1.807) is 12.1 Å². The van der Waals surface area contributed by atoms with Crippen LogP contribution in [0, 0.1) is 0 Å². The molecule has 0 saturated heterocycles. The summed E-state index contributed by atoms with van der Waals surface area (Å²) in [5.41, 5.74) is 13.9. The maximum atomic E-state index is 11.9. The highest BCUT2D eigenvalue weighted by Crippen LogP contribution is 2.16. The van der Waals surface area contributed by atoms with E-state index in [1.807, 2.05) is 24.3 Å². The monoisotopic (exact) mass is 425 g/mol. The lowest BCUT2D eigenvalue weighted by Gasteiger charge is -2.12. The Morgan fingerprint density at radius 1 is 1.12 bits per heavy atom. The van der Waals surface area contributed by atoms with Gasteiger partial charge in [0.25, 0.3) is 0 Å². The summed E-state index contributed by atoms with van der Waals surface area (Å²) >= 11 is 11.6. The van der Waals surface area contributed by atoms with Crippen molar-refractivity contribution in [1.82, 2.24) is 4.98 Å². The zero-order valence-electron chi connectivity index (χ0n) is 13.2. The molecule has 1 aromatic heterocycles. The highest BCUT2D eigenvalue weighted by molar-refractivity contribution is 6.32. The molecule has 0 aliphatic rings. The molecule has 0 aliphatic heterocycles. The van der Waals surface area contributed by atoms with Crippen molar-refractivity contribution in [3.8, 4) is 0 Å². The molecule has 0 saturated carbocycles. The number of nitrogens with zero attached hydrogens (tertiary/aromatic N) is 1. The maximum Gasteiger partial charge on any atom is 0.323 e. The van der Waals surface area contributed by atoms with Crippen LogP contribution in [0.1, 0.15) is 17.5 Å². The second-order valence-corrected chi connectivity index (χ2v) is 5.89. The second-order valence-electron chi connectivity index (χ2n) is 5.12. The molecule has 0 amide bonds. The van der Waals surface area contributed by atoms with Crippen molar-refractivity contribution in [2.75, 3.05) is 5.73 Å². The number of aryl methyl sites for hydroxylation is 1. The average Bonchev–Trinajstić information content (AvgIpc) is 2.49. The molecule has 0 unspecified atom stereocenters. The van der Waals surface area contributed by atoms with Crippen LogP contribution < -0.4 is 11.5 Å². The van der Waals surface area contributed by atoms with Gasteiger partial charge in [-0.05, 0) is 48.2 Å². The Labute approximate surface area is 168 Å². The van der Waals surface area contributed by atoms with Crippen molar-refractivity contribution in [2.45, 2.75) is 25.5 Å². The fraction of sp³-hybridized carbons (Fsp3) is 0.250. The predicted octanol–water partition coefficient (Wildman–Crippen LogP) is 3.82. The highest BCUT2D eigenvalue weighted by Gasteiger charge is 2.15. The number of hydrogen-bond acceptors (Lipinski definition) is 5. The summed E-state index contributed by atoms with van der Waals surface area (Å²) in [4.78, 5) is 15.7. The first-order valence-corrected chi connectivity index (χ1v) is 7.78. The Balaban J connectivity index is 0.00000288. The van der Waals surface area contributed by atoms with Crippen LogP contribution in [0.4, 0.5) is 5.69 Å². The average molecular weight is 427 g/mol. The minimum Gasteiger partial charge on any atom is -0.460 e. The first kappa shape index (κ1) is 23.8. The normalized spacial score (nSPS) is 11.0. The fourth-order valence-electron chi connectivity index (χ4n) is 2.05. The minimum atomic E-state index is -0.704. The van der Waals surface area contributed by atoms with E-state index in [0.29, 0.717) is 24.1 Å². The number of benzene rings is 1. The van der Waals surface area contributed by atoms with Gasteiger partial charge in [-0.25, -0.2) is 4.98 Å². The lowest BCUT2D eigenvalue weighted by molar-refractivity contribution is -0.146. The van der Waals surface area contributed by atoms with Crippen LogP contribution in [-0.4, -0.2) is 17.0 Å². The number of esters is 1. The number of anilines is 1. The summed E-state index contributed by atoms with van der Waals surface area (Å²) in [6, 6.07) is 9.93. The number of halogens is 4. The van der Waals surface area contributed by atoms with E-state index in [9.17, 15) is 4.79 Å².